The maximum atomic E-state index is 11.8. The van der Waals surface area contributed by atoms with Crippen molar-refractivity contribution in [1.29, 1.82) is 0 Å². The van der Waals surface area contributed by atoms with Gasteiger partial charge in [0.25, 0.3) is 0 Å². The van der Waals surface area contributed by atoms with E-state index < -0.39 is 0 Å². The monoisotopic (exact) mass is 333 g/mol. The number of nitrogens with one attached hydrogen (secondary N) is 1. The fourth-order valence-electron chi connectivity index (χ4n) is 2.72. The van der Waals surface area contributed by atoms with E-state index in [4.69, 9.17) is 0 Å². The molecule has 2 aromatic rings. The summed E-state index contributed by atoms with van der Waals surface area (Å²) in [6.07, 6.45) is 10.2. The van der Waals surface area contributed by atoms with Crippen LogP contribution in [0.2, 0.25) is 0 Å². The first kappa shape index (κ1) is 16.0. The zero-order valence-electron chi connectivity index (χ0n) is 13.3. The lowest BCUT2D eigenvalue weighted by Gasteiger charge is -2.12. The molecule has 0 bridgehead atoms. The van der Waals surface area contributed by atoms with Gasteiger partial charge in [0.1, 0.15) is 0 Å². The largest absolute Gasteiger partial charge is 0.356 e. The van der Waals surface area contributed by atoms with Crippen molar-refractivity contribution >= 4 is 22.4 Å². The van der Waals surface area contributed by atoms with Crippen LogP contribution in [-0.2, 0) is 17.8 Å². The Kier molecular flexibility index (Phi) is 5.63. The van der Waals surface area contributed by atoms with E-state index in [1.165, 1.54) is 12.8 Å². The highest BCUT2D eigenvalue weighted by Gasteiger charge is 2.15. The van der Waals surface area contributed by atoms with Crippen LogP contribution < -0.4 is 10.2 Å². The molecule has 3 rings (SSSR count). The maximum Gasteiger partial charge on any atom is 0.220 e. The molecule has 0 aliphatic carbocycles. The highest BCUT2D eigenvalue weighted by atomic mass is 32.1. The zero-order valence-corrected chi connectivity index (χ0v) is 14.1. The van der Waals surface area contributed by atoms with E-state index in [-0.39, 0.29) is 5.91 Å². The Hall–Kier alpha value is -1.89. The Morgan fingerprint density at radius 3 is 3.00 bits per heavy atom. The number of aromatic nitrogens is 3. The molecule has 7 heteroatoms. The van der Waals surface area contributed by atoms with Gasteiger partial charge in [-0.1, -0.05) is 0 Å². The number of thiazole rings is 1. The summed E-state index contributed by atoms with van der Waals surface area (Å²) < 4.78 is 1.99. The second-order valence-corrected chi connectivity index (χ2v) is 6.66. The number of rotatable bonds is 8. The van der Waals surface area contributed by atoms with Crippen LogP contribution in [0, 0.1) is 0 Å². The standard InChI is InChI=1S/C16H23N5OS/c22-15(4-3-8-20-11-7-17-13-20)18-6-5-14-12-23-16(19-14)21-9-1-2-10-21/h7,11-13H,1-6,8-10H2,(H,18,22). The third-order valence-electron chi connectivity index (χ3n) is 4.00. The lowest BCUT2D eigenvalue weighted by molar-refractivity contribution is -0.121. The molecule has 23 heavy (non-hydrogen) atoms. The first-order valence-electron chi connectivity index (χ1n) is 8.23. The average Bonchev–Trinajstić information content (AvgIpc) is 3.29. The van der Waals surface area contributed by atoms with E-state index in [2.05, 4.69) is 25.6 Å². The molecule has 0 aromatic carbocycles. The molecular weight excluding hydrogens is 310 g/mol. The number of carbonyl (C=O) groups is 1. The molecule has 124 valence electrons. The Balaban J connectivity index is 1.32. The molecule has 1 N–H and O–H groups in total. The van der Waals surface area contributed by atoms with Crippen molar-refractivity contribution in [2.24, 2.45) is 0 Å². The first-order chi connectivity index (χ1) is 11.3. The van der Waals surface area contributed by atoms with Gasteiger partial charge in [-0.2, -0.15) is 0 Å². The quantitative estimate of drug-likeness (QED) is 0.803. The molecular formula is C16H23N5OS. The molecule has 1 saturated heterocycles. The minimum atomic E-state index is 0.111. The third-order valence-corrected chi connectivity index (χ3v) is 4.95. The van der Waals surface area contributed by atoms with Gasteiger partial charge >= 0.3 is 0 Å². The SMILES string of the molecule is O=C(CCCn1ccnc1)NCCc1csc(N2CCCC2)n1. The van der Waals surface area contributed by atoms with Crippen LogP contribution in [0.4, 0.5) is 5.13 Å². The molecule has 1 aliphatic heterocycles. The maximum absolute atomic E-state index is 11.8. The van der Waals surface area contributed by atoms with E-state index >= 15 is 0 Å². The highest BCUT2D eigenvalue weighted by Crippen LogP contribution is 2.24. The molecule has 0 spiro atoms. The first-order valence-corrected chi connectivity index (χ1v) is 9.11. The van der Waals surface area contributed by atoms with E-state index in [9.17, 15) is 4.79 Å². The topological polar surface area (TPSA) is 63.1 Å². The van der Waals surface area contributed by atoms with Gasteiger partial charge in [0.15, 0.2) is 5.13 Å². The van der Waals surface area contributed by atoms with E-state index in [1.807, 2.05) is 10.8 Å². The Morgan fingerprint density at radius 2 is 2.22 bits per heavy atom. The normalized spacial score (nSPS) is 14.3. The molecule has 3 heterocycles. The summed E-state index contributed by atoms with van der Waals surface area (Å²) in [5.41, 5.74) is 1.08. The van der Waals surface area contributed by atoms with Gasteiger partial charge in [0.05, 0.1) is 12.0 Å². The van der Waals surface area contributed by atoms with Crippen molar-refractivity contribution in [3.8, 4) is 0 Å². The molecule has 0 atom stereocenters. The summed E-state index contributed by atoms with van der Waals surface area (Å²) >= 11 is 1.71. The van der Waals surface area contributed by atoms with Crippen molar-refractivity contribution < 1.29 is 4.79 Å². The van der Waals surface area contributed by atoms with Gasteiger partial charge in [-0.3, -0.25) is 4.79 Å². The van der Waals surface area contributed by atoms with Gasteiger partial charge in [0, 0.05) is 56.8 Å². The second-order valence-electron chi connectivity index (χ2n) is 5.82. The third kappa shape index (κ3) is 4.79. The molecule has 0 saturated carbocycles. The average molecular weight is 333 g/mol. The van der Waals surface area contributed by atoms with Gasteiger partial charge in [-0.15, -0.1) is 11.3 Å². The summed E-state index contributed by atoms with van der Waals surface area (Å²) in [5.74, 6) is 0.111. The van der Waals surface area contributed by atoms with Crippen LogP contribution in [0.25, 0.3) is 0 Å². The van der Waals surface area contributed by atoms with Crippen LogP contribution >= 0.6 is 11.3 Å². The molecule has 6 nitrogen and oxygen atoms in total. The number of anilines is 1. The van der Waals surface area contributed by atoms with Crippen molar-refractivity contribution in [3.05, 3.63) is 29.8 Å². The minimum absolute atomic E-state index is 0.111. The summed E-state index contributed by atoms with van der Waals surface area (Å²) in [6, 6.07) is 0. The molecule has 0 radical (unpaired) electrons. The van der Waals surface area contributed by atoms with Crippen molar-refractivity contribution in [3.63, 3.8) is 0 Å². The summed E-state index contributed by atoms with van der Waals surface area (Å²) in [6.45, 7) is 3.74. The summed E-state index contributed by atoms with van der Waals surface area (Å²) in [5, 5.41) is 6.22. The van der Waals surface area contributed by atoms with Crippen molar-refractivity contribution in [1.82, 2.24) is 19.9 Å². The number of hydrogen-bond donors (Lipinski definition) is 1. The van der Waals surface area contributed by atoms with Crippen LogP contribution in [0.1, 0.15) is 31.4 Å². The van der Waals surface area contributed by atoms with Crippen LogP contribution in [-0.4, -0.2) is 40.1 Å². The minimum Gasteiger partial charge on any atom is -0.356 e. The van der Waals surface area contributed by atoms with E-state index in [0.717, 1.165) is 43.3 Å². The number of aryl methyl sites for hydroxylation is 1. The number of carbonyl (C=O) groups excluding carboxylic acids is 1. The Labute approximate surface area is 140 Å². The highest BCUT2D eigenvalue weighted by molar-refractivity contribution is 7.13. The van der Waals surface area contributed by atoms with Crippen LogP contribution in [0.15, 0.2) is 24.1 Å². The molecule has 2 aromatic heterocycles. The van der Waals surface area contributed by atoms with Gasteiger partial charge in [-0.05, 0) is 19.3 Å². The molecule has 1 aliphatic rings. The van der Waals surface area contributed by atoms with E-state index in [0.29, 0.717) is 13.0 Å². The fraction of sp³-hybridized carbons (Fsp3) is 0.562. The Bertz CT molecular complexity index is 604. The second kappa shape index (κ2) is 8.10. The predicted octanol–water partition coefficient (Wildman–Crippen LogP) is 2.08. The number of imidazole rings is 1. The van der Waals surface area contributed by atoms with Gasteiger partial charge in [-0.25, -0.2) is 9.97 Å². The smallest absolute Gasteiger partial charge is 0.220 e. The zero-order chi connectivity index (χ0) is 15.9. The van der Waals surface area contributed by atoms with Crippen LogP contribution in [0.5, 0.6) is 0 Å². The van der Waals surface area contributed by atoms with Crippen molar-refractivity contribution in [2.45, 2.75) is 38.6 Å². The van der Waals surface area contributed by atoms with Crippen molar-refractivity contribution in [2.75, 3.05) is 24.5 Å². The lowest BCUT2D eigenvalue weighted by atomic mass is 10.3. The number of nitrogens with zero attached hydrogens (tertiary/aromatic N) is 4. The van der Waals surface area contributed by atoms with Crippen LogP contribution in [0.3, 0.4) is 0 Å². The summed E-state index contributed by atoms with van der Waals surface area (Å²) in [7, 11) is 0. The molecule has 1 amide bonds. The Morgan fingerprint density at radius 1 is 1.35 bits per heavy atom. The number of amides is 1. The van der Waals surface area contributed by atoms with E-state index in [1.54, 1.807) is 23.9 Å². The lowest BCUT2D eigenvalue weighted by Crippen LogP contribution is -2.25. The van der Waals surface area contributed by atoms with Gasteiger partial charge in [0.2, 0.25) is 5.91 Å². The van der Waals surface area contributed by atoms with Gasteiger partial charge < -0.3 is 14.8 Å². The number of hydrogen-bond acceptors (Lipinski definition) is 5. The molecule has 0 unspecified atom stereocenters. The molecule has 1 fully saturated rings. The summed E-state index contributed by atoms with van der Waals surface area (Å²) in [4.78, 5) is 22.8. The predicted molar refractivity (Wildman–Crippen MR) is 91.7 cm³/mol. The fourth-order valence-corrected chi connectivity index (χ4v) is 3.64.